The van der Waals surface area contributed by atoms with Crippen LogP contribution in [0.5, 0.6) is 0 Å². The van der Waals surface area contributed by atoms with Gasteiger partial charge in [0.15, 0.2) is 5.71 Å². The molecule has 4 heteroatoms. The maximum Gasteiger partial charge on any atom is 0.211 e. The molecule has 0 aromatic rings. The van der Waals surface area contributed by atoms with Gasteiger partial charge in [-0.25, -0.2) is 0 Å². The molecule has 0 saturated heterocycles. The molecule has 0 atom stereocenters. The van der Waals surface area contributed by atoms with Crippen LogP contribution in [0.3, 0.4) is 0 Å². The molecule has 0 saturated carbocycles. The summed E-state index contributed by atoms with van der Waals surface area (Å²) in [6, 6.07) is 0. The Morgan fingerprint density at radius 1 is 1.18 bits per heavy atom. The van der Waals surface area contributed by atoms with E-state index in [2.05, 4.69) is 18.3 Å². The van der Waals surface area contributed by atoms with Crippen molar-refractivity contribution in [3.8, 4) is 0 Å². The second-order valence-corrected chi connectivity index (χ2v) is 1.59. The number of rotatable bonds is 4. The molecular formula is C7H7NO3. The Morgan fingerprint density at radius 2 is 1.55 bits per heavy atom. The third kappa shape index (κ3) is 2.17. The van der Waals surface area contributed by atoms with Gasteiger partial charge in [0.25, 0.3) is 0 Å². The smallest absolute Gasteiger partial charge is 0.211 e. The first-order valence-corrected chi connectivity index (χ1v) is 2.73. The number of hydrogen-bond acceptors (Lipinski definition) is 4. The summed E-state index contributed by atoms with van der Waals surface area (Å²) in [5.74, 6) is -1.45. The van der Waals surface area contributed by atoms with Gasteiger partial charge in [-0.2, -0.15) is 0 Å². The SMILES string of the molecule is C=CC(=O)C(=NO)C(=O)C=C. The van der Waals surface area contributed by atoms with Crippen LogP contribution in [-0.2, 0) is 9.59 Å². The summed E-state index contributed by atoms with van der Waals surface area (Å²) >= 11 is 0. The fourth-order valence-electron chi connectivity index (χ4n) is 0.413. The molecule has 0 spiro atoms. The van der Waals surface area contributed by atoms with Crippen molar-refractivity contribution >= 4 is 17.3 Å². The van der Waals surface area contributed by atoms with E-state index in [1.165, 1.54) is 0 Å². The van der Waals surface area contributed by atoms with Gasteiger partial charge >= 0.3 is 0 Å². The molecule has 0 unspecified atom stereocenters. The molecule has 0 aromatic carbocycles. The molecule has 0 aliphatic heterocycles. The van der Waals surface area contributed by atoms with E-state index in [0.717, 1.165) is 12.2 Å². The van der Waals surface area contributed by atoms with Crippen LogP contribution in [-0.4, -0.2) is 22.5 Å². The topological polar surface area (TPSA) is 66.7 Å². The lowest BCUT2D eigenvalue weighted by Crippen LogP contribution is -2.20. The highest BCUT2D eigenvalue weighted by atomic mass is 16.4. The number of carbonyl (C=O) groups excluding carboxylic acids is 2. The Labute approximate surface area is 63.5 Å². The van der Waals surface area contributed by atoms with Crippen molar-refractivity contribution in [2.24, 2.45) is 5.16 Å². The second kappa shape index (κ2) is 4.16. The molecule has 0 bridgehead atoms. The summed E-state index contributed by atoms with van der Waals surface area (Å²) < 4.78 is 0. The van der Waals surface area contributed by atoms with Crippen LogP contribution in [0.1, 0.15) is 0 Å². The summed E-state index contributed by atoms with van der Waals surface area (Å²) in [4.78, 5) is 21.3. The van der Waals surface area contributed by atoms with E-state index in [1.807, 2.05) is 0 Å². The van der Waals surface area contributed by atoms with Gasteiger partial charge in [-0.05, 0) is 12.2 Å². The summed E-state index contributed by atoms with van der Waals surface area (Å²) in [5, 5.41) is 10.7. The van der Waals surface area contributed by atoms with Crippen molar-refractivity contribution in [1.82, 2.24) is 0 Å². The fraction of sp³-hybridized carbons (Fsp3) is 0. The Hall–Kier alpha value is -1.71. The quantitative estimate of drug-likeness (QED) is 0.208. The molecule has 0 aromatic heterocycles. The van der Waals surface area contributed by atoms with Crippen LogP contribution in [0.4, 0.5) is 0 Å². The zero-order chi connectivity index (χ0) is 8.85. The first-order chi connectivity index (χ1) is 5.17. The van der Waals surface area contributed by atoms with Gasteiger partial charge in [0.1, 0.15) is 0 Å². The Balaban J connectivity index is 4.69. The Kier molecular flexibility index (Phi) is 3.51. The Bertz CT molecular complexity index is 218. The molecular weight excluding hydrogens is 146 g/mol. The average molecular weight is 153 g/mol. The highest BCUT2D eigenvalue weighted by molar-refractivity contribution is 6.69. The van der Waals surface area contributed by atoms with Gasteiger partial charge in [0.2, 0.25) is 11.6 Å². The van der Waals surface area contributed by atoms with E-state index in [4.69, 9.17) is 5.21 Å². The summed E-state index contributed by atoms with van der Waals surface area (Å²) in [5.41, 5.74) is -0.574. The molecule has 0 aliphatic carbocycles. The van der Waals surface area contributed by atoms with Gasteiger partial charge in [0.05, 0.1) is 0 Å². The van der Waals surface area contributed by atoms with Crippen LogP contribution in [0.25, 0.3) is 0 Å². The first kappa shape index (κ1) is 9.29. The van der Waals surface area contributed by atoms with Crippen molar-refractivity contribution in [2.75, 3.05) is 0 Å². The van der Waals surface area contributed by atoms with Crippen LogP contribution >= 0.6 is 0 Å². The second-order valence-electron chi connectivity index (χ2n) is 1.59. The minimum absolute atomic E-state index is 0.574. The minimum Gasteiger partial charge on any atom is -0.410 e. The van der Waals surface area contributed by atoms with Gasteiger partial charge in [0, 0.05) is 0 Å². The summed E-state index contributed by atoms with van der Waals surface area (Å²) in [6.45, 7) is 6.24. The van der Waals surface area contributed by atoms with Crippen LogP contribution < -0.4 is 0 Å². The lowest BCUT2D eigenvalue weighted by atomic mass is 10.1. The zero-order valence-corrected chi connectivity index (χ0v) is 5.78. The van der Waals surface area contributed by atoms with Crippen molar-refractivity contribution in [1.29, 1.82) is 0 Å². The molecule has 1 N–H and O–H groups in total. The maximum absolute atomic E-state index is 10.7. The standard InChI is InChI=1S/C7H7NO3/c1-3-5(9)7(8-11)6(10)4-2/h3-4,11H,1-2H2. The predicted octanol–water partition coefficient (Wildman–Crippen LogP) is 0.327. The van der Waals surface area contributed by atoms with Crippen molar-refractivity contribution in [3.05, 3.63) is 25.3 Å². The van der Waals surface area contributed by atoms with E-state index in [-0.39, 0.29) is 0 Å². The normalized spacial score (nSPS) is 8.00. The highest BCUT2D eigenvalue weighted by Crippen LogP contribution is 1.86. The van der Waals surface area contributed by atoms with Crippen molar-refractivity contribution in [2.45, 2.75) is 0 Å². The third-order valence-corrected chi connectivity index (χ3v) is 0.938. The van der Waals surface area contributed by atoms with Crippen LogP contribution in [0.15, 0.2) is 30.5 Å². The number of allylic oxidation sites excluding steroid dienone is 2. The van der Waals surface area contributed by atoms with Gasteiger partial charge in [-0.1, -0.05) is 18.3 Å². The molecule has 0 fully saturated rings. The van der Waals surface area contributed by atoms with E-state index < -0.39 is 17.3 Å². The van der Waals surface area contributed by atoms with Crippen LogP contribution in [0, 0.1) is 0 Å². The van der Waals surface area contributed by atoms with E-state index in [0.29, 0.717) is 0 Å². The van der Waals surface area contributed by atoms with Gasteiger partial charge < -0.3 is 5.21 Å². The van der Waals surface area contributed by atoms with E-state index >= 15 is 0 Å². The average Bonchev–Trinajstić information content (AvgIpc) is 2.05. The van der Waals surface area contributed by atoms with Crippen molar-refractivity contribution < 1.29 is 14.8 Å². The molecule has 0 rings (SSSR count). The van der Waals surface area contributed by atoms with Crippen LogP contribution in [0.2, 0.25) is 0 Å². The Morgan fingerprint density at radius 3 is 1.73 bits per heavy atom. The maximum atomic E-state index is 10.7. The van der Waals surface area contributed by atoms with E-state index in [9.17, 15) is 9.59 Å². The molecule has 0 aliphatic rings. The van der Waals surface area contributed by atoms with Crippen molar-refractivity contribution in [3.63, 3.8) is 0 Å². The largest absolute Gasteiger partial charge is 0.410 e. The van der Waals surface area contributed by atoms with Gasteiger partial charge in [-0.15, -0.1) is 0 Å². The monoisotopic (exact) mass is 153 g/mol. The fourth-order valence-corrected chi connectivity index (χ4v) is 0.413. The summed E-state index contributed by atoms with van der Waals surface area (Å²) in [6.07, 6.45) is 1.77. The number of nitrogens with zero attached hydrogens (tertiary/aromatic N) is 1. The molecule has 0 radical (unpaired) electrons. The first-order valence-electron chi connectivity index (χ1n) is 2.73. The third-order valence-electron chi connectivity index (χ3n) is 0.938. The molecule has 0 amide bonds. The molecule has 58 valence electrons. The molecule has 4 nitrogen and oxygen atoms in total. The summed E-state index contributed by atoms with van der Waals surface area (Å²) in [7, 11) is 0. The van der Waals surface area contributed by atoms with Gasteiger partial charge in [-0.3, -0.25) is 9.59 Å². The predicted molar refractivity (Wildman–Crippen MR) is 39.6 cm³/mol. The lowest BCUT2D eigenvalue weighted by molar-refractivity contribution is -0.112. The molecule has 0 heterocycles. The lowest BCUT2D eigenvalue weighted by Gasteiger charge is -1.91. The molecule has 11 heavy (non-hydrogen) atoms. The number of ketones is 2. The highest BCUT2D eigenvalue weighted by Gasteiger charge is 2.14. The zero-order valence-electron chi connectivity index (χ0n) is 5.78. The van der Waals surface area contributed by atoms with E-state index in [1.54, 1.807) is 0 Å². The minimum atomic E-state index is -0.725. The number of carbonyl (C=O) groups is 2. The number of hydrogen-bond donors (Lipinski definition) is 1. The number of oxime groups is 1.